The number of aryl methyl sites for hydroxylation is 3. The molecular weight excluding hydrogens is 320 g/mol. The quantitative estimate of drug-likeness (QED) is 0.717. The van der Waals surface area contributed by atoms with Crippen LogP contribution in [0.3, 0.4) is 0 Å². The fraction of sp³-hybridized carbons (Fsp3) is 0.455. The Labute approximate surface area is 154 Å². The van der Waals surface area contributed by atoms with E-state index >= 15 is 0 Å². The molecule has 1 atom stereocenters. The van der Waals surface area contributed by atoms with E-state index in [1.54, 1.807) is 0 Å². The van der Waals surface area contributed by atoms with E-state index in [0.29, 0.717) is 6.04 Å². The van der Waals surface area contributed by atoms with E-state index in [-0.39, 0.29) is 0 Å². The zero-order valence-electron chi connectivity index (χ0n) is 15.5. The summed E-state index contributed by atoms with van der Waals surface area (Å²) in [6.07, 6.45) is 8.19. The minimum Gasteiger partial charge on any atom is -0.341 e. The van der Waals surface area contributed by atoms with Crippen molar-refractivity contribution in [3.8, 4) is 0 Å². The summed E-state index contributed by atoms with van der Waals surface area (Å²) in [5.41, 5.74) is 6.84. The standard InChI is InChI=1S/C22H26N4/c1-16-23-15-20-22(24-16)21-18-9-5-6-12-25(18)13-11-19(21)26(20)14-10-17-7-3-2-4-8-17/h2-4,7-8,15,18H,5-6,9-14H2,1H3. The fourth-order valence-electron chi connectivity index (χ4n) is 4.88. The van der Waals surface area contributed by atoms with Crippen LogP contribution in [-0.2, 0) is 19.4 Å². The van der Waals surface area contributed by atoms with Gasteiger partial charge < -0.3 is 4.57 Å². The van der Waals surface area contributed by atoms with E-state index in [2.05, 4.69) is 44.8 Å². The average molecular weight is 346 g/mol. The van der Waals surface area contributed by atoms with E-state index in [4.69, 9.17) is 4.98 Å². The SMILES string of the molecule is Cc1ncc2c(n1)c1c(n2CCc2ccccc2)CCN2CCCCC12. The number of nitrogens with zero attached hydrogens (tertiary/aromatic N) is 4. The van der Waals surface area contributed by atoms with Crippen LogP contribution in [-0.4, -0.2) is 32.5 Å². The summed E-state index contributed by atoms with van der Waals surface area (Å²) in [6.45, 7) is 5.44. The van der Waals surface area contributed by atoms with Gasteiger partial charge >= 0.3 is 0 Å². The minimum absolute atomic E-state index is 0.558. The molecule has 0 N–H and O–H groups in total. The van der Waals surface area contributed by atoms with Crippen molar-refractivity contribution in [1.82, 2.24) is 19.4 Å². The van der Waals surface area contributed by atoms with Gasteiger partial charge in [0.2, 0.25) is 0 Å². The summed E-state index contributed by atoms with van der Waals surface area (Å²) >= 11 is 0. The van der Waals surface area contributed by atoms with Crippen molar-refractivity contribution in [2.45, 2.75) is 51.6 Å². The van der Waals surface area contributed by atoms with Gasteiger partial charge in [0.15, 0.2) is 0 Å². The molecule has 1 unspecified atom stereocenters. The van der Waals surface area contributed by atoms with Gasteiger partial charge in [-0.3, -0.25) is 4.90 Å². The summed E-state index contributed by atoms with van der Waals surface area (Å²) in [5.74, 6) is 0.883. The lowest BCUT2D eigenvalue weighted by molar-refractivity contribution is 0.138. The first-order chi connectivity index (χ1) is 12.8. The van der Waals surface area contributed by atoms with Crippen LogP contribution in [0.4, 0.5) is 0 Å². The van der Waals surface area contributed by atoms with Gasteiger partial charge in [-0.1, -0.05) is 36.8 Å². The maximum atomic E-state index is 4.90. The number of piperidine rings is 1. The van der Waals surface area contributed by atoms with Crippen molar-refractivity contribution in [3.63, 3.8) is 0 Å². The van der Waals surface area contributed by atoms with Crippen molar-refractivity contribution in [1.29, 1.82) is 0 Å². The second kappa shape index (κ2) is 6.51. The van der Waals surface area contributed by atoms with Crippen molar-refractivity contribution in [2.24, 2.45) is 0 Å². The molecular formula is C22H26N4. The maximum absolute atomic E-state index is 4.90. The predicted molar refractivity (Wildman–Crippen MR) is 104 cm³/mol. The number of fused-ring (bicyclic) bond motifs is 5. The van der Waals surface area contributed by atoms with Crippen LogP contribution >= 0.6 is 0 Å². The van der Waals surface area contributed by atoms with Gasteiger partial charge in [0, 0.05) is 36.8 Å². The van der Waals surface area contributed by atoms with Crippen LogP contribution in [0.25, 0.3) is 11.0 Å². The van der Waals surface area contributed by atoms with Gasteiger partial charge in [-0.2, -0.15) is 0 Å². The Morgan fingerprint density at radius 2 is 2.00 bits per heavy atom. The minimum atomic E-state index is 0.558. The fourth-order valence-corrected chi connectivity index (χ4v) is 4.88. The first-order valence-corrected chi connectivity index (χ1v) is 9.94. The molecule has 1 fully saturated rings. The molecule has 4 heterocycles. The molecule has 0 radical (unpaired) electrons. The van der Waals surface area contributed by atoms with E-state index < -0.39 is 0 Å². The molecule has 0 amide bonds. The lowest BCUT2D eigenvalue weighted by atomic mass is 9.90. The van der Waals surface area contributed by atoms with E-state index in [1.165, 1.54) is 60.2 Å². The van der Waals surface area contributed by atoms with Crippen molar-refractivity contribution in [3.05, 3.63) is 59.2 Å². The zero-order valence-corrected chi connectivity index (χ0v) is 15.5. The monoisotopic (exact) mass is 346 g/mol. The smallest absolute Gasteiger partial charge is 0.126 e. The van der Waals surface area contributed by atoms with Crippen LogP contribution in [0.5, 0.6) is 0 Å². The molecule has 0 bridgehead atoms. The highest BCUT2D eigenvalue weighted by molar-refractivity contribution is 5.82. The van der Waals surface area contributed by atoms with Gasteiger partial charge in [0.1, 0.15) is 5.82 Å². The average Bonchev–Trinajstić information content (AvgIpc) is 3.00. The second-order valence-electron chi connectivity index (χ2n) is 7.70. The summed E-state index contributed by atoms with van der Waals surface area (Å²) in [6, 6.07) is 11.4. The summed E-state index contributed by atoms with van der Waals surface area (Å²) in [4.78, 5) is 12.1. The van der Waals surface area contributed by atoms with Gasteiger partial charge in [-0.15, -0.1) is 0 Å². The number of hydrogen-bond donors (Lipinski definition) is 0. The van der Waals surface area contributed by atoms with Crippen LogP contribution in [0.15, 0.2) is 36.5 Å². The highest BCUT2D eigenvalue weighted by atomic mass is 15.2. The third kappa shape index (κ3) is 2.64. The Hall–Kier alpha value is -2.20. The largest absolute Gasteiger partial charge is 0.341 e. The topological polar surface area (TPSA) is 34.0 Å². The van der Waals surface area contributed by atoms with Gasteiger partial charge in [-0.25, -0.2) is 9.97 Å². The Morgan fingerprint density at radius 1 is 1.12 bits per heavy atom. The Balaban J connectivity index is 1.60. The molecule has 0 aliphatic carbocycles. The Morgan fingerprint density at radius 3 is 2.88 bits per heavy atom. The molecule has 2 aromatic heterocycles. The predicted octanol–water partition coefficient (Wildman–Crippen LogP) is 4.07. The first kappa shape index (κ1) is 16.0. The van der Waals surface area contributed by atoms with Crippen LogP contribution in [0.1, 0.15) is 47.9 Å². The number of aromatic nitrogens is 3. The molecule has 0 saturated carbocycles. The lowest BCUT2D eigenvalue weighted by Crippen LogP contribution is -2.39. The van der Waals surface area contributed by atoms with Crippen LogP contribution < -0.4 is 0 Å². The Kier molecular flexibility index (Phi) is 4.01. The van der Waals surface area contributed by atoms with E-state index in [9.17, 15) is 0 Å². The number of benzene rings is 1. The molecule has 134 valence electrons. The highest BCUT2D eigenvalue weighted by Crippen LogP contribution is 2.41. The van der Waals surface area contributed by atoms with Crippen molar-refractivity contribution in [2.75, 3.05) is 13.1 Å². The third-order valence-electron chi connectivity index (χ3n) is 6.12. The third-order valence-corrected chi connectivity index (χ3v) is 6.12. The highest BCUT2D eigenvalue weighted by Gasteiger charge is 2.34. The molecule has 1 saturated heterocycles. The molecule has 1 aromatic carbocycles. The van der Waals surface area contributed by atoms with Gasteiger partial charge in [0.05, 0.1) is 17.2 Å². The molecule has 26 heavy (non-hydrogen) atoms. The molecule has 3 aromatic rings. The van der Waals surface area contributed by atoms with Crippen LogP contribution in [0, 0.1) is 6.92 Å². The van der Waals surface area contributed by atoms with E-state index in [1.807, 2.05) is 13.1 Å². The summed E-state index contributed by atoms with van der Waals surface area (Å²) in [5, 5.41) is 0. The molecule has 5 rings (SSSR count). The molecule has 4 heteroatoms. The Bertz CT molecular complexity index is 928. The summed E-state index contributed by atoms with van der Waals surface area (Å²) < 4.78 is 2.52. The summed E-state index contributed by atoms with van der Waals surface area (Å²) in [7, 11) is 0. The van der Waals surface area contributed by atoms with Gasteiger partial charge in [0.25, 0.3) is 0 Å². The van der Waals surface area contributed by atoms with Crippen molar-refractivity contribution < 1.29 is 0 Å². The van der Waals surface area contributed by atoms with Crippen LogP contribution in [0.2, 0.25) is 0 Å². The molecule has 2 aliphatic heterocycles. The lowest BCUT2D eigenvalue weighted by Gasteiger charge is -2.39. The van der Waals surface area contributed by atoms with Gasteiger partial charge in [-0.05, 0) is 38.3 Å². The first-order valence-electron chi connectivity index (χ1n) is 9.94. The second-order valence-corrected chi connectivity index (χ2v) is 7.70. The molecule has 4 nitrogen and oxygen atoms in total. The number of hydrogen-bond acceptors (Lipinski definition) is 3. The zero-order chi connectivity index (χ0) is 17.5. The number of rotatable bonds is 3. The normalized spacial score (nSPS) is 20.1. The van der Waals surface area contributed by atoms with Crippen molar-refractivity contribution >= 4 is 11.0 Å². The molecule has 2 aliphatic rings. The van der Waals surface area contributed by atoms with E-state index in [0.717, 1.165) is 25.2 Å². The maximum Gasteiger partial charge on any atom is 0.126 e. The molecule has 0 spiro atoms.